The van der Waals surface area contributed by atoms with Gasteiger partial charge in [0.25, 0.3) is 0 Å². The zero-order valence-corrected chi connectivity index (χ0v) is 11.8. The second-order valence-electron chi connectivity index (χ2n) is 4.79. The monoisotopic (exact) mass is 285 g/mol. The quantitative estimate of drug-likeness (QED) is 0.729. The topological polar surface area (TPSA) is 75.1 Å². The molecule has 0 atom stereocenters. The van der Waals surface area contributed by atoms with Gasteiger partial charge in [0.15, 0.2) is 0 Å². The van der Waals surface area contributed by atoms with Crippen molar-refractivity contribution in [3.05, 3.63) is 48.3 Å². The van der Waals surface area contributed by atoms with Crippen molar-refractivity contribution < 1.29 is 9.90 Å². The van der Waals surface area contributed by atoms with Crippen LogP contribution in [0.15, 0.2) is 42.7 Å². The lowest BCUT2D eigenvalue weighted by molar-refractivity contribution is -0.137. The molecule has 21 heavy (non-hydrogen) atoms. The third-order valence-corrected chi connectivity index (χ3v) is 3.07. The van der Waals surface area contributed by atoms with Crippen molar-refractivity contribution >= 4 is 5.97 Å². The molecule has 0 radical (unpaired) electrons. The summed E-state index contributed by atoms with van der Waals surface area (Å²) >= 11 is 0. The highest BCUT2D eigenvalue weighted by Gasteiger charge is 2.01. The van der Waals surface area contributed by atoms with Crippen molar-refractivity contribution in [2.45, 2.75) is 25.8 Å². The maximum absolute atomic E-state index is 10.4. The fraction of sp³-hybridized carbons (Fsp3) is 0.312. The van der Waals surface area contributed by atoms with E-state index in [1.165, 1.54) is 0 Å². The van der Waals surface area contributed by atoms with E-state index in [0.717, 1.165) is 36.5 Å². The Morgan fingerprint density at radius 1 is 1.10 bits per heavy atom. The van der Waals surface area contributed by atoms with Crippen molar-refractivity contribution in [2.24, 2.45) is 0 Å². The molecule has 2 aromatic heterocycles. The van der Waals surface area contributed by atoms with E-state index >= 15 is 0 Å². The van der Waals surface area contributed by atoms with Gasteiger partial charge >= 0.3 is 5.97 Å². The predicted molar refractivity (Wildman–Crippen MR) is 80.7 cm³/mol. The standard InChI is InChI=1S/C16H19N3O2/c20-16(21)6-2-3-8-17-12-13-7-10-19-15(11-13)14-5-1-4-9-18-14/h1,4-5,7,9-11,17H,2-3,6,8,12H2,(H,20,21). The first-order valence-electron chi connectivity index (χ1n) is 7.04. The van der Waals surface area contributed by atoms with Crippen LogP contribution in [0.4, 0.5) is 0 Å². The van der Waals surface area contributed by atoms with E-state index in [2.05, 4.69) is 15.3 Å². The van der Waals surface area contributed by atoms with E-state index in [4.69, 9.17) is 5.11 Å². The Bertz CT molecular complexity index is 573. The SMILES string of the molecule is O=C(O)CCCCNCc1ccnc(-c2ccccn2)c1. The molecule has 0 aliphatic carbocycles. The van der Waals surface area contributed by atoms with Crippen LogP contribution in [0, 0.1) is 0 Å². The molecule has 0 unspecified atom stereocenters. The Kier molecular flexibility index (Phi) is 5.84. The summed E-state index contributed by atoms with van der Waals surface area (Å²) in [6.45, 7) is 1.56. The van der Waals surface area contributed by atoms with Crippen LogP contribution in [-0.4, -0.2) is 27.6 Å². The van der Waals surface area contributed by atoms with Crippen LogP contribution in [-0.2, 0) is 11.3 Å². The van der Waals surface area contributed by atoms with E-state index in [0.29, 0.717) is 6.42 Å². The van der Waals surface area contributed by atoms with Crippen molar-refractivity contribution in [1.82, 2.24) is 15.3 Å². The highest BCUT2D eigenvalue weighted by atomic mass is 16.4. The molecule has 2 aromatic rings. The van der Waals surface area contributed by atoms with Crippen LogP contribution in [0.5, 0.6) is 0 Å². The molecule has 2 N–H and O–H groups in total. The molecule has 0 saturated heterocycles. The highest BCUT2D eigenvalue weighted by molar-refractivity contribution is 5.66. The molecule has 110 valence electrons. The zero-order valence-electron chi connectivity index (χ0n) is 11.8. The van der Waals surface area contributed by atoms with Crippen molar-refractivity contribution in [3.63, 3.8) is 0 Å². The number of pyridine rings is 2. The third-order valence-electron chi connectivity index (χ3n) is 3.07. The van der Waals surface area contributed by atoms with Gasteiger partial charge < -0.3 is 10.4 Å². The molecule has 2 rings (SSSR count). The minimum absolute atomic E-state index is 0.237. The Morgan fingerprint density at radius 3 is 2.71 bits per heavy atom. The summed E-state index contributed by atoms with van der Waals surface area (Å²) < 4.78 is 0. The van der Waals surface area contributed by atoms with Crippen LogP contribution >= 0.6 is 0 Å². The molecule has 0 spiro atoms. The number of nitrogens with zero attached hydrogens (tertiary/aromatic N) is 2. The maximum atomic E-state index is 10.4. The van der Waals surface area contributed by atoms with E-state index in [-0.39, 0.29) is 6.42 Å². The number of hydrogen-bond acceptors (Lipinski definition) is 4. The lowest BCUT2D eigenvalue weighted by Gasteiger charge is -2.06. The first-order valence-corrected chi connectivity index (χ1v) is 7.04. The number of carbonyl (C=O) groups is 1. The summed E-state index contributed by atoms with van der Waals surface area (Å²) in [6.07, 6.45) is 5.35. The third kappa shape index (κ3) is 5.31. The normalized spacial score (nSPS) is 10.5. The van der Waals surface area contributed by atoms with E-state index in [1.807, 2.05) is 30.3 Å². The average molecular weight is 285 g/mol. The molecule has 0 saturated carbocycles. The van der Waals surface area contributed by atoms with Gasteiger partial charge in [-0.25, -0.2) is 0 Å². The molecule has 0 fully saturated rings. The molecule has 0 bridgehead atoms. The molecule has 2 heterocycles. The highest BCUT2D eigenvalue weighted by Crippen LogP contribution is 2.14. The number of aliphatic carboxylic acids is 1. The number of hydrogen-bond donors (Lipinski definition) is 2. The fourth-order valence-corrected chi connectivity index (χ4v) is 2.00. The Labute approximate surface area is 124 Å². The average Bonchev–Trinajstić information content (AvgIpc) is 2.52. The zero-order chi connectivity index (χ0) is 14.9. The Morgan fingerprint density at radius 2 is 1.95 bits per heavy atom. The molecule has 0 aliphatic heterocycles. The van der Waals surface area contributed by atoms with E-state index in [1.54, 1.807) is 12.4 Å². The Balaban J connectivity index is 1.81. The number of unbranched alkanes of at least 4 members (excludes halogenated alkanes) is 1. The van der Waals surface area contributed by atoms with Gasteiger partial charge in [-0.05, 0) is 49.2 Å². The van der Waals surface area contributed by atoms with Gasteiger partial charge in [-0.3, -0.25) is 14.8 Å². The van der Waals surface area contributed by atoms with Gasteiger partial charge in [0.2, 0.25) is 0 Å². The molecule has 0 amide bonds. The number of carboxylic acid groups (broad SMARTS) is 1. The smallest absolute Gasteiger partial charge is 0.303 e. The lowest BCUT2D eigenvalue weighted by Crippen LogP contribution is -2.15. The molecule has 5 nitrogen and oxygen atoms in total. The van der Waals surface area contributed by atoms with Crippen LogP contribution in [0.1, 0.15) is 24.8 Å². The summed E-state index contributed by atoms with van der Waals surface area (Å²) in [5.74, 6) is -0.732. The molecule has 0 aliphatic rings. The minimum atomic E-state index is -0.732. The second kappa shape index (κ2) is 8.11. The predicted octanol–water partition coefficient (Wildman–Crippen LogP) is 2.49. The van der Waals surface area contributed by atoms with E-state index < -0.39 is 5.97 Å². The largest absolute Gasteiger partial charge is 0.481 e. The first-order chi connectivity index (χ1) is 10.3. The summed E-state index contributed by atoms with van der Waals surface area (Å²) in [4.78, 5) is 19.0. The summed E-state index contributed by atoms with van der Waals surface area (Å²) in [5.41, 5.74) is 2.87. The molecule has 5 heteroatoms. The second-order valence-corrected chi connectivity index (χ2v) is 4.79. The Hall–Kier alpha value is -2.27. The summed E-state index contributed by atoms with van der Waals surface area (Å²) in [6, 6.07) is 9.75. The lowest BCUT2D eigenvalue weighted by atomic mass is 10.2. The van der Waals surface area contributed by atoms with Crippen LogP contribution in [0.2, 0.25) is 0 Å². The van der Waals surface area contributed by atoms with Crippen LogP contribution < -0.4 is 5.32 Å². The fourth-order valence-electron chi connectivity index (χ4n) is 2.00. The van der Waals surface area contributed by atoms with Crippen molar-refractivity contribution in [3.8, 4) is 11.4 Å². The van der Waals surface area contributed by atoms with Gasteiger partial charge in [-0.2, -0.15) is 0 Å². The van der Waals surface area contributed by atoms with Crippen molar-refractivity contribution in [1.29, 1.82) is 0 Å². The first kappa shape index (κ1) is 15.1. The molecular weight excluding hydrogens is 266 g/mol. The summed E-state index contributed by atoms with van der Waals surface area (Å²) in [7, 11) is 0. The molecule has 0 aromatic carbocycles. The minimum Gasteiger partial charge on any atom is -0.481 e. The maximum Gasteiger partial charge on any atom is 0.303 e. The van der Waals surface area contributed by atoms with E-state index in [9.17, 15) is 4.79 Å². The van der Waals surface area contributed by atoms with Gasteiger partial charge in [-0.15, -0.1) is 0 Å². The van der Waals surface area contributed by atoms with Gasteiger partial charge in [0.05, 0.1) is 11.4 Å². The number of rotatable bonds is 8. The van der Waals surface area contributed by atoms with Gasteiger partial charge in [0.1, 0.15) is 0 Å². The van der Waals surface area contributed by atoms with Crippen LogP contribution in [0.3, 0.4) is 0 Å². The van der Waals surface area contributed by atoms with Gasteiger partial charge in [-0.1, -0.05) is 6.07 Å². The van der Waals surface area contributed by atoms with Gasteiger partial charge in [0, 0.05) is 25.4 Å². The van der Waals surface area contributed by atoms with Crippen LogP contribution in [0.25, 0.3) is 11.4 Å². The molecular formula is C16H19N3O2. The number of carboxylic acids is 1. The van der Waals surface area contributed by atoms with Crippen molar-refractivity contribution in [2.75, 3.05) is 6.54 Å². The number of aromatic nitrogens is 2. The number of nitrogens with one attached hydrogen (secondary N) is 1. The summed E-state index contributed by atoms with van der Waals surface area (Å²) in [5, 5.41) is 11.9.